The van der Waals surface area contributed by atoms with E-state index in [-0.39, 0.29) is 5.69 Å². The molecule has 0 aliphatic heterocycles. The Morgan fingerprint density at radius 3 is 2.61 bits per heavy atom. The maximum Gasteiger partial charge on any atom is 0.419 e. The summed E-state index contributed by atoms with van der Waals surface area (Å²) in [6.07, 6.45) is -1.75. The van der Waals surface area contributed by atoms with E-state index in [4.69, 9.17) is 4.74 Å². The lowest BCUT2D eigenvalue weighted by Gasteiger charge is -2.12. The molecule has 170 valence electrons. The van der Waals surface area contributed by atoms with Crippen LogP contribution in [-0.2, 0) is 12.7 Å². The van der Waals surface area contributed by atoms with Crippen LogP contribution >= 0.6 is 0 Å². The van der Waals surface area contributed by atoms with Gasteiger partial charge in [-0.15, -0.1) is 0 Å². The van der Waals surface area contributed by atoms with E-state index in [1.165, 1.54) is 10.8 Å². The largest absolute Gasteiger partial charge is 0.457 e. The molecule has 10 heteroatoms. The number of fused-ring (bicyclic) bond motifs is 1. The first kappa shape index (κ1) is 22.3. The fourth-order valence-electron chi connectivity index (χ4n) is 3.30. The van der Waals surface area contributed by atoms with Crippen molar-refractivity contribution in [1.29, 1.82) is 0 Å². The average Bonchev–Trinajstić information content (AvgIpc) is 3.18. The molecule has 0 unspecified atom stereocenters. The molecule has 0 saturated heterocycles. The molecule has 0 saturated carbocycles. The minimum atomic E-state index is -4.87. The minimum absolute atomic E-state index is 0.175. The van der Waals surface area contributed by atoms with Crippen molar-refractivity contribution in [1.82, 2.24) is 14.9 Å². The second-order valence-corrected chi connectivity index (χ2v) is 7.14. The highest BCUT2D eigenvalue weighted by Gasteiger charge is 2.34. The Morgan fingerprint density at radius 2 is 1.85 bits per heavy atom. The van der Waals surface area contributed by atoms with Crippen molar-refractivity contribution < 1.29 is 27.1 Å². The maximum atomic E-state index is 13.5. The van der Waals surface area contributed by atoms with Crippen molar-refractivity contribution in [3.05, 3.63) is 84.1 Å². The predicted octanol–water partition coefficient (Wildman–Crippen LogP) is 5.79. The molecule has 2 aromatic carbocycles. The third-order valence-electron chi connectivity index (χ3n) is 4.79. The van der Waals surface area contributed by atoms with Crippen LogP contribution in [0.3, 0.4) is 0 Å². The van der Waals surface area contributed by atoms with Crippen LogP contribution in [0.4, 0.5) is 28.0 Å². The van der Waals surface area contributed by atoms with Crippen LogP contribution in [0.2, 0.25) is 0 Å². The highest BCUT2D eigenvalue weighted by Crippen LogP contribution is 2.33. The number of anilines is 1. The van der Waals surface area contributed by atoms with Crippen LogP contribution in [-0.4, -0.2) is 22.6 Å². The molecule has 2 N–H and O–H groups in total. The zero-order chi connectivity index (χ0) is 23.6. The number of halogens is 4. The second-order valence-electron chi connectivity index (χ2n) is 7.14. The number of hydrogen-bond donors (Lipinski definition) is 2. The first-order valence-electron chi connectivity index (χ1n) is 9.81. The molecular weight excluding hydrogens is 440 g/mol. The van der Waals surface area contributed by atoms with Crippen LogP contribution in [0.25, 0.3) is 10.9 Å². The molecule has 0 radical (unpaired) electrons. The number of aromatic nitrogens is 2. The molecule has 0 spiro atoms. The molecule has 0 aliphatic carbocycles. The molecule has 4 aromatic rings. The number of hydrogen-bond acceptors (Lipinski definition) is 4. The topological polar surface area (TPSA) is 68.2 Å². The summed E-state index contributed by atoms with van der Waals surface area (Å²) in [6, 6.07) is 11.9. The van der Waals surface area contributed by atoms with Crippen LogP contribution in [0.1, 0.15) is 11.3 Å². The van der Waals surface area contributed by atoms with Gasteiger partial charge in [0.2, 0.25) is 0 Å². The van der Waals surface area contributed by atoms with Gasteiger partial charge in [0.25, 0.3) is 0 Å². The summed E-state index contributed by atoms with van der Waals surface area (Å²) in [7, 11) is 1.81. The number of nitrogens with one attached hydrogen (secondary N) is 2. The first-order valence-corrected chi connectivity index (χ1v) is 9.81. The van der Waals surface area contributed by atoms with Crippen LogP contribution in [0.15, 0.2) is 67.0 Å². The maximum absolute atomic E-state index is 13.5. The summed E-state index contributed by atoms with van der Waals surface area (Å²) < 4.78 is 59.4. The number of carbonyl (C=O) groups excluding carboxylic acids is 1. The lowest BCUT2D eigenvalue weighted by atomic mass is 10.2. The van der Waals surface area contributed by atoms with Crippen LogP contribution < -0.4 is 15.4 Å². The minimum Gasteiger partial charge on any atom is -0.457 e. The van der Waals surface area contributed by atoms with E-state index in [1.54, 1.807) is 42.6 Å². The Morgan fingerprint density at radius 1 is 1.06 bits per heavy atom. The lowest BCUT2D eigenvalue weighted by molar-refractivity contribution is -0.139. The first-order chi connectivity index (χ1) is 15.7. The quantitative estimate of drug-likeness (QED) is 0.372. The number of rotatable bonds is 5. The van der Waals surface area contributed by atoms with Gasteiger partial charge >= 0.3 is 12.2 Å². The number of alkyl halides is 3. The second kappa shape index (κ2) is 8.91. The molecule has 6 nitrogen and oxygen atoms in total. The molecule has 0 fully saturated rings. The van der Waals surface area contributed by atoms with Gasteiger partial charge in [-0.2, -0.15) is 13.2 Å². The number of benzene rings is 2. The average molecular weight is 458 g/mol. The standard InChI is InChI=1S/C23H18F4N4O2/c1-28-13-16-11-18(6-8-29-16)33-17-3-5-21-14(10-17)7-9-31(21)22(32)30-15-2-4-20(24)19(12-15)23(25,26)27/h2-12,28H,13H2,1H3,(H,30,32). The lowest BCUT2D eigenvalue weighted by Crippen LogP contribution is -2.19. The van der Waals surface area contributed by atoms with Crippen LogP contribution in [0.5, 0.6) is 11.5 Å². The van der Waals surface area contributed by atoms with Crippen molar-refractivity contribution in [2.75, 3.05) is 12.4 Å². The number of pyridine rings is 1. The van der Waals surface area contributed by atoms with E-state index in [2.05, 4.69) is 15.6 Å². The van der Waals surface area contributed by atoms with Crippen molar-refractivity contribution in [2.45, 2.75) is 12.7 Å². The van der Waals surface area contributed by atoms with Gasteiger partial charge in [-0.3, -0.25) is 9.55 Å². The van der Waals surface area contributed by atoms with E-state index in [9.17, 15) is 22.4 Å². The summed E-state index contributed by atoms with van der Waals surface area (Å²) >= 11 is 0. The highest BCUT2D eigenvalue weighted by molar-refractivity contribution is 5.98. The van der Waals surface area contributed by atoms with Crippen LogP contribution in [0, 0.1) is 5.82 Å². The van der Waals surface area contributed by atoms with Crippen molar-refractivity contribution in [2.24, 2.45) is 0 Å². The van der Waals surface area contributed by atoms with E-state index in [0.717, 1.165) is 11.8 Å². The number of ether oxygens (including phenoxy) is 1. The van der Waals surface area contributed by atoms with Crippen molar-refractivity contribution >= 4 is 22.6 Å². The number of carbonyl (C=O) groups is 1. The van der Waals surface area contributed by atoms with E-state index in [0.29, 0.717) is 41.1 Å². The van der Waals surface area contributed by atoms with E-state index in [1.807, 2.05) is 7.05 Å². The molecule has 2 heterocycles. The normalized spacial score (nSPS) is 11.5. The molecule has 0 atom stereocenters. The molecule has 4 rings (SSSR count). The number of nitrogens with zero attached hydrogens (tertiary/aromatic N) is 2. The Bertz CT molecular complexity index is 1320. The van der Waals surface area contributed by atoms with Crippen molar-refractivity contribution in [3.8, 4) is 11.5 Å². The highest BCUT2D eigenvalue weighted by atomic mass is 19.4. The molecular formula is C23H18F4N4O2. The zero-order valence-electron chi connectivity index (χ0n) is 17.3. The SMILES string of the molecule is CNCc1cc(Oc2ccc3c(ccn3C(=O)Nc3ccc(F)c(C(F)(F)F)c3)c2)ccn1. The van der Waals surface area contributed by atoms with Crippen molar-refractivity contribution in [3.63, 3.8) is 0 Å². The fraction of sp³-hybridized carbons (Fsp3) is 0.130. The van der Waals surface area contributed by atoms with Gasteiger partial charge in [-0.1, -0.05) is 0 Å². The van der Waals surface area contributed by atoms with Gasteiger partial charge in [0.05, 0.1) is 16.8 Å². The molecule has 1 amide bonds. The van der Waals surface area contributed by atoms with Gasteiger partial charge < -0.3 is 15.4 Å². The Labute approximate surface area is 185 Å². The van der Waals surface area contributed by atoms with E-state index < -0.39 is 23.6 Å². The van der Waals surface area contributed by atoms with Gasteiger partial charge in [0.1, 0.15) is 17.3 Å². The smallest absolute Gasteiger partial charge is 0.419 e. The van der Waals surface area contributed by atoms with Gasteiger partial charge in [0, 0.05) is 36.1 Å². The molecule has 0 bridgehead atoms. The molecule has 33 heavy (non-hydrogen) atoms. The summed E-state index contributed by atoms with van der Waals surface area (Å²) in [4.78, 5) is 16.9. The predicted molar refractivity (Wildman–Crippen MR) is 115 cm³/mol. The van der Waals surface area contributed by atoms with Gasteiger partial charge in [-0.05, 0) is 55.6 Å². The molecule has 0 aliphatic rings. The third-order valence-corrected chi connectivity index (χ3v) is 4.79. The summed E-state index contributed by atoms with van der Waals surface area (Å²) in [5.74, 6) is -0.272. The summed E-state index contributed by atoms with van der Waals surface area (Å²) in [6.45, 7) is 0.590. The van der Waals surface area contributed by atoms with Gasteiger partial charge in [0.15, 0.2) is 0 Å². The van der Waals surface area contributed by atoms with Gasteiger partial charge in [-0.25, -0.2) is 9.18 Å². The fourth-order valence-corrected chi connectivity index (χ4v) is 3.30. The Hall–Kier alpha value is -3.92. The van der Waals surface area contributed by atoms with E-state index >= 15 is 0 Å². The Balaban J connectivity index is 1.54. The third kappa shape index (κ3) is 4.96. The summed E-state index contributed by atoms with van der Waals surface area (Å²) in [5.41, 5.74) is -0.295. The number of amides is 1. The Kier molecular flexibility index (Phi) is 6.01. The zero-order valence-corrected chi connectivity index (χ0v) is 17.3. The molecule has 2 aromatic heterocycles. The monoisotopic (exact) mass is 458 g/mol. The summed E-state index contributed by atoms with van der Waals surface area (Å²) in [5, 5.41) is 6.05.